The molecule has 28 heavy (non-hydrogen) atoms. The normalized spacial score (nSPS) is 15.7. The van der Waals surface area contributed by atoms with Gasteiger partial charge in [-0.2, -0.15) is 0 Å². The van der Waals surface area contributed by atoms with Gasteiger partial charge in [0.15, 0.2) is 0 Å². The predicted molar refractivity (Wildman–Crippen MR) is 109 cm³/mol. The van der Waals surface area contributed by atoms with Crippen LogP contribution >= 0.6 is 0 Å². The summed E-state index contributed by atoms with van der Waals surface area (Å²) in [6.45, 7) is 5.95. The number of rotatable bonds is 4. The van der Waals surface area contributed by atoms with Crippen LogP contribution in [0.2, 0.25) is 0 Å². The van der Waals surface area contributed by atoms with E-state index in [2.05, 4.69) is 13.8 Å². The Morgan fingerprint density at radius 3 is 2.21 bits per heavy atom. The van der Waals surface area contributed by atoms with Gasteiger partial charge in [0, 0.05) is 11.4 Å². The molecule has 0 saturated carbocycles. The first-order valence-electron chi connectivity index (χ1n) is 9.08. The van der Waals surface area contributed by atoms with E-state index in [9.17, 15) is 14.7 Å². The van der Waals surface area contributed by atoms with Crippen LogP contribution in [0, 0.1) is 0 Å². The fraction of sp³-hybridized carbons (Fsp3) is 0.217. The number of anilines is 1. The Hall–Kier alpha value is -3.34. The molecule has 1 aliphatic heterocycles. The van der Waals surface area contributed by atoms with Crippen LogP contribution in [0.15, 0.2) is 65.4 Å². The molecule has 144 valence electrons. The summed E-state index contributed by atoms with van der Waals surface area (Å²) in [6.07, 6.45) is 1.64. The van der Waals surface area contributed by atoms with Crippen molar-refractivity contribution in [2.24, 2.45) is 0 Å². The highest BCUT2D eigenvalue weighted by Crippen LogP contribution is 2.36. The summed E-state index contributed by atoms with van der Waals surface area (Å²) in [7, 11) is 1.30. The molecule has 0 fully saturated rings. The number of allylic oxidation sites excluding steroid dienone is 1. The number of ether oxygens (including phenoxy) is 1. The quantitative estimate of drug-likeness (QED) is 0.634. The first-order valence-corrected chi connectivity index (χ1v) is 9.08. The van der Waals surface area contributed by atoms with Crippen LogP contribution in [0.25, 0.3) is 6.08 Å². The standard InChI is InChI=1S/C23H23NO4/c1-14(2)17-7-9-18(10-8-17)24-15(3)21(23(27)28-4)20(22(24)26)13-16-5-11-19(25)12-6-16/h5-14,25H,1-4H3/b20-13-. The van der Waals surface area contributed by atoms with E-state index in [1.54, 1.807) is 25.1 Å². The van der Waals surface area contributed by atoms with E-state index in [1.165, 1.54) is 29.7 Å². The van der Waals surface area contributed by atoms with Crippen molar-refractivity contribution in [1.82, 2.24) is 0 Å². The topological polar surface area (TPSA) is 66.8 Å². The third kappa shape index (κ3) is 3.56. The number of benzene rings is 2. The summed E-state index contributed by atoms with van der Waals surface area (Å²) >= 11 is 0. The van der Waals surface area contributed by atoms with Gasteiger partial charge < -0.3 is 9.84 Å². The molecule has 5 nitrogen and oxygen atoms in total. The second-order valence-corrected chi connectivity index (χ2v) is 6.99. The molecule has 2 aromatic rings. The van der Waals surface area contributed by atoms with Crippen molar-refractivity contribution < 1.29 is 19.4 Å². The molecule has 0 bridgehead atoms. The fourth-order valence-electron chi connectivity index (χ4n) is 3.24. The van der Waals surface area contributed by atoms with Crippen LogP contribution in [0.1, 0.15) is 37.8 Å². The van der Waals surface area contributed by atoms with E-state index >= 15 is 0 Å². The minimum atomic E-state index is -0.558. The van der Waals surface area contributed by atoms with Gasteiger partial charge in [0.05, 0.1) is 18.3 Å². The molecule has 0 spiro atoms. The average Bonchev–Trinajstić information content (AvgIpc) is 2.93. The third-order valence-corrected chi connectivity index (χ3v) is 4.81. The lowest BCUT2D eigenvalue weighted by atomic mass is 10.0. The molecule has 1 N–H and O–H groups in total. The average molecular weight is 377 g/mol. The van der Waals surface area contributed by atoms with Gasteiger partial charge in [0.25, 0.3) is 5.91 Å². The SMILES string of the molecule is COC(=O)C1=C(C)N(c2ccc(C(C)C)cc2)C(=O)/C1=C\c1ccc(O)cc1. The van der Waals surface area contributed by atoms with Crippen LogP contribution < -0.4 is 4.90 Å². The van der Waals surface area contributed by atoms with E-state index in [4.69, 9.17) is 4.74 Å². The van der Waals surface area contributed by atoms with Crippen molar-refractivity contribution >= 4 is 23.6 Å². The highest BCUT2D eigenvalue weighted by Gasteiger charge is 2.37. The number of aromatic hydroxyl groups is 1. The van der Waals surface area contributed by atoms with Gasteiger partial charge in [-0.15, -0.1) is 0 Å². The minimum absolute atomic E-state index is 0.131. The highest BCUT2D eigenvalue weighted by atomic mass is 16.5. The van der Waals surface area contributed by atoms with E-state index in [0.717, 1.165) is 0 Å². The molecule has 5 heteroatoms. The predicted octanol–water partition coefficient (Wildman–Crippen LogP) is 4.39. The van der Waals surface area contributed by atoms with Crippen LogP contribution in [-0.4, -0.2) is 24.1 Å². The third-order valence-electron chi connectivity index (χ3n) is 4.81. The smallest absolute Gasteiger partial charge is 0.340 e. The summed E-state index contributed by atoms with van der Waals surface area (Å²) in [6, 6.07) is 14.2. The number of carbonyl (C=O) groups excluding carboxylic acids is 2. The number of methoxy groups -OCH3 is 1. The summed E-state index contributed by atoms with van der Waals surface area (Å²) in [5.41, 5.74) is 3.61. The number of esters is 1. The van der Waals surface area contributed by atoms with E-state index in [1.807, 2.05) is 24.3 Å². The Morgan fingerprint density at radius 1 is 1.07 bits per heavy atom. The van der Waals surface area contributed by atoms with Gasteiger partial charge in [-0.25, -0.2) is 4.79 Å². The monoisotopic (exact) mass is 377 g/mol. The molecule has 1 heterocycles. The lowest BCUT2D eigenvalue weighted by molar-refractivity contribution is -0.136. The number of carbonyl (C=O) groups is 2. The zero-order valence-electron chi connectivity index (χ0n) is 16.4. The van der Waals surface area contributed by atoms with E-state index < -0.39 is 5.97 Å². The first kappa shape index (κ1) is 19.4. The number of hydrogen-bond acceptors (Lipinski definition) is 4. The van der Waals surface area contributed by atoms with Crippen molar-refractivity contribution in [2.75, 3.05) is 12.0 Å². The molecule has 0 saturated heterocycles. The van der Waals surface area contributed by atoms with Crippen molar-refractivity contribution in [2.45, 2.75) is 26.7 Å². The molecule has 2 aromatic carbocycles. The first-order chi connectivity index (χ1) is 13.3. The van der Waals surface area contributed by atoms with Gasteiger partial charge in [-0.3, -0.25) is 9.69 Å². The number of hydrogen-bond donors (Lipinski definition) is 1. The van der Waals surface area contributed by atoms with Gasteiger partial charge in [-0.1, -0.05) is 38.1 Å². The lowest BCUT2D eigenvalue weighted by Crippen LogP contribution is -2.24. The van der Waals surface area contributed by atoms with E-state index in [0.29, 0.717) is 22.9 Å². The molecule has 0 radical (unpaired) electrons. The van der Waals surface area contributed by atoms with Crippen molar-refractivity contribution in [1.29, 1.82) is 0 Å². The van der Waals surface area contributed by atoms with Crippen molar-refractivity contribution in [3.8, 4) is 5.75 Å². The largest absolute Gasteiger partial charge is 0.508 e. The number of amides is 1. The summed E-state index contributed by atoms with van der Waals surface area (Å²) < 4.78 is 4.92. The van der Waals surface area contributed by atoms with Crippen LogP contribution in [0.3, 0.4) is 0 Å². The van der Waals surface area contributed by atoms with Crippen molar-refractivity contribution in [3.63, 3.8) is 0 Å². The Bertz CT molecular complexity index is 967. The molecule has 1 aliphatic rings. The van der Waals surface area contributed by atoms with Crippen LogP contribution in [0.5, 0.6) is 5.75 Å². The number of phenolic OH excluding ortho intramolecular Hbond substituents is 1. The number of nitrogens with zero attached hydrogens (tertiary/aromatic N) is 1. The molecule has 0 unspecified atom stereocenters. The van der Waals surface area contributed by atoms with Gasteiger partial charge in [0.1, 0.15) is 5.75 Å². The van der Waals surface area contributed by atoms with Crippen LogP contribution in [-0.2, 0) is 14.3 Å². The molecule has 0 aromatic heterocycles. The Kier molecular flexibility index (Phi) is 5.36. The maximum absolute atomic E-state index is 13.2. The summed E-state index contributed by atoms with van der Waals surface area (Å²) in [5.74, 6) is -0.331. The minimum Gasteiger partial charge on any atom is -0.508 e. The Morgan fingerprint density at radius 2 is 1.68 bits per heavy atom. The maximum Gasteiger partial charge on any atom is 0.340 e. The zero-order chi connectivity index (χ0) is 20.4. The zero-order valence-corrected chi connectivity index (χ0v) is 16.4. The second-order valence-electron chi connectivity index (χ2n) is 6.99. The van der Waals surface area contributed by atoms with E-state index in [-0.39, 0.29) is 22.8 Å². The molecule has 0 aliphatic carbocycles. The maximum atomic E-state index is 13.2. The fourth-order valence-corrected chi connectivity index (χ4v) is 3.24. The molecular formula is C23H23NO4. The Labute approximate surface area is 164 Å². The Balaban J connectivity index is 2.08. The van der Waals surface area contributed by atoms with Crippen LogP contribution in [0.4, 0.5) is 5.69 Å². The summed E-state index contributed by atoms with van der Waals surface area (Å²) in [4.78, 5) is 27.1. The lowest BCUT2D eigenvalue weighted by Gasteiger charge is -2.19. The van der Waals surface area contributed by atoms with Gasteiger partial charge in [-0.05, 0) is 54.3 Å². The van der Waals surface area contributed by atoms with Crippen molar-refractivity contribution in [3.05, 3.63) is 76.5 Å². The van der Waals surface area contributed by atoms with Gasteiger partial charge in [0.2, 0.25) is 0 Å². The highest BCUT2D eigenvalue weighted by molar-refractivity contribution is 6.23. The molecule has 0 atom stereocenters. The number of phenols is 1. The summed E-state index contributed by atoms with van der Waals surface area (Å²) in [5, 5.41) is 9.46. The molecule has 1 amide bonds. The second kappa shape index (κ2) is 7.72. The van der Waals surface area contributed by atoms with Gasteiger partial charge >= 0.3 is 5.97 Å². The molecular weight excluding hydrogens is 354 g/mol. The molecule has 3 rings (SSSR count).